The molecule has 1 fully saturated rings. The third-order valence-corrected chi connectivity index (χ3v) is 3.17. The maximum absolute atomic E-state index is 5.28. The van der Waals surface area contributed by atoms with E-state index in [2.05, 4.69) is 15.6 Å². The molecule has 0 aromatic carbocycles. The van der Waals surface area contributed by atoms with Crippen LogP contribution in [0.1, 0.15) is 31.4 Å². The summed E-state index contributed by atoms with van der Waals surface area (Å²) in [5.41, 5.74) is 1.95. The molecule has 1 aromatic rings. The molecule has 86 valence electrons. The van der Waals surface area contributed by atoms with Crippen molar-refractivity contribution in [3.8, 4) is 0 Å². The van der Waals surface area contributed by atoms with E-state index >= 15 is 0 Å². The van der Waals surface area contributed by atoms with Crippen LogP contribution in [0.2, 0.25) is 0 Å². The Morgan fingerprint density at radius 2 is 2.19 bits per heavy atom. The summed E-state index contributed by atoms with van der Waals surface area (Å²) in [7, 11) is 0. The number of aryl methyl sites for hydroxylation is 1. The zero-order chi connectivity index (χ0) is 11.4. The highest BCUT2D eigenvalue weighted by atomic mass is 32.1. The van der Waals surface area contributed by atoms with E-state index in [1.165, 1.54) is 25.7 Å². The molecule has 0 saturated heterocycles. The van der Waals surface area contributed by atoms with Gasteiger partial charge in [0.2, 0.25) is 0 Å². The minimum absolute atomic E-state index is 0.553. The van der Waals surface area contributed by atoms with Crippen LogP contribution in [0.3, 0.4) is 0 Å². The molecule has 0 spiro atoms. The molecule has 0 bridgehead atoms. The minimum atomic E-state index is 0.553. The van der Waals surface area contributed by atoms with E-state index in [1.807, 2.05) is 19.1 Å². The molecule has 16 heavy (non-hydrogen) atoms. The van der Waals surface area contributed by atoms with Gasteiger partial charge in [0.15, 0.2) is 5.11 Å². The van der Waals surface area contributed by atoms with Gasteiger partial charge in [-0.05, 0) is 44.1 Å². The molecule has 0 atom stereocenters. The third-order valence-electron chi connectivity index (χ3n) is 2.95. The largest absolute Gasteiger partial charge is 0.360 e. The molecule has 3 nitrogen and oxygen atoms in total. The van der Waals surface area contributed by atoms with Gasteiger partial charge in [-0.25, -0.2) is 0 Å². The van der Waals surface area contributed by atoms with Crippen LogP contribution in [0.25, 0.3) is 0 Å². The quantitative estimate of drug-likeness (QED) is 0.773. The maximum Gasteiger partial charge on any atom is 0.171 e. The van der Waals surface area contributed by atoms with Crippen LogP contribution in [0, 0.1) is 6.92 Å². The Balaban J connectivity index is 1.89. The van der Waals surface area contributed by atoms with E-state index in [1.54, 1.807) is 6.20 Å². The van der Waals surface area contributed by atoms with Gasteiger partial charge in [-0.2, -0.15) is 0 Å². The monoisotopic (exact) mass is 235 g/mol. The first-order valence-electron chi connectivity index (χ1n) is 5.75. The second-order valence-electron chi connectivity index (χ2n) is 4.22. The van der Waals surface area contributed by atoms with Crippen molar-refractivity contribution in [3.63, 3.8) is 0 Å². The summed E-state index contributed by atoms with van der Waals surface area (Å²) in [6, 6.07) is 4.45. The molecule has 0 radical (unpaired) electrons. The van der Waals surface area contributed by atoms with Crippen LogP contribution in [0.5, 0.6) is 0 Å². The molecule has 1 aliphatic carbocycles. The number of aromatic nitrogens is 1. The van der Waals surface area contributed by atoms with Crippen molar-refractivity contribution in [2.24, 2.45) is 0 Å². The lowest BCUT2D eigenvalue weighted by Gasteiger charge is -2.16. The van der Waals surface area contributed by atoms with Crippen LogP contribution in [0.4, 0.5) is 5.69 Å². The number of rotatable bonds is 2. The first kappa shape index (κ1) is 11.3. The fourth-order valence-electron chi connectivity index (χ4n) is 2.03. The number of nitrogens with zero attached hydrogens (tertiary/aromatic N) is 1. The van der Waals surface area contributed by atoms with Crippen molar-refractivity contribution in [2.45, 2.75) is 38.6 Å². The van der Waals surface area contributed by atoms with Crippen LogP contribution < -0.4 is 10.6 Å². The Labute approximate surface area is 102 Å². The predicted molar refractivity (Wildman–Crippen MR) is 70.6 cm³/mol. The number of hydrogen-bond donors (Lipinski definition) is 2. The number of hydrogen-bond acceptors (Lipinski definition) is 2. The lowest BCUT2D eigenvalue weighted by Crippen LogP contribution is -2.36. The summed E-state index contributed by atoms with van der Waals surface area (Å²) >= 11 is 5.28. The Kier molecular flexibility index (Phi) is 3.72. The summed E-state index contributed by atoms with van der Waals surface area (Å²) in [4.78, 5) is 4.21. The van der Waals surface area contributed by atoms with Gasteiger partial charge in [0.25, 0.3) is 0 Å². The van der Waals surface area contributed by atoms with Crippen LogP contribution >= 0.6 is 12.2 Å². The molecule has 2 rings (SSSR count). The zero-order valence-electron chi connectivity index (χ0n) is 9.49. The minimum Gasteiger partial charge on any atom is -0.360 e. The molecule has 0 unspecified atom stereocenters. The molecule has 1 heterocycles. The van der Waals surface area contributed by atoms with Gasteiger partial charge in [-0.15, -0.1) is 0 Å². The van der Waals surface area contributed by atoms with Crippen molar-refractivity contribution in [1.29, 1.82) is 0 Å². The third kappa shape index (κ3) is 2.92. The second-order valence-corrected chi connectivity index (χ2v) is 4.62. The van der Waals surface area contributed by atoms with E-state index in [4.69, 9.17) is 12.2 Å². The fraction of sp³-hybridized carbons (Fsp3) is 0.500. The standard InChI is InChI=1S/C12H17N3S/c1-9-11(7-4-8-13-9)15-12(16)14-10-5-2-3-6-10/h4,7-8,10H,2-3,5-6H2,1H3,(H2,14,15,16). The average Bonchev–Trinajstić information content (AvgIpc) is 2.74. The van der Waals surface area contributed by atoms with Gasteiger partial charge in [-0.3, -0.25) is 4.98 Å². The van der Waals surface area contributed by atoms with Gasteiger partial charge in [0, 0.05) is 12.2 Å². The van der Waals surface area contributed by atoms with Gasteiger partial charge < -0.3 is 10.6 Å². The van der Waals surface area contributed by atoms with Crippen LogP contribution in [0.15, 0.2) is 18.3 Å². The van der Waals surface area contributed by atoms with Crippen molar-refractivity contribution in [1.82, 2.24) is 10.3 Å². The van der Waals surface area contributed by atoms with Gasteiger partial charge in [-0.1, -0.05) is 12.8 Å². The van der Waals surface area contributed by atoms with Crippen molar-refractivity contribution in [2.75, 3.05) is 5.32 Å². The topological polar surface area (TPSA) is 37.0 Å². The lowest BCUT2D eigenvalue weighted by atomic mass is 10.2. The molecule has 0 aliphatic heterocycles. The summed E-state index contributed by atoms with van der Waals surface area (Å²) in [5, 5.41) is 7.25. The molecular weight excluding hydrogens is 218 g/mol. The van der Waals surface area contributed by atoms with Crippen LogP contribution in [-0.2, 0) is 0 Å². The Bertz CT molecular complexity index is 372. The molecule has 4 heteroatoms. The van der Waals surface area contributed by atoms with E-state index in [0.717, 1.165) is 11.4 Å². The fourth-order valence-corrected chi connectivity index (χ4v) is 2.31. The molecule has 2 N–H and O–H groups in total. The average molecular weight is 235 g/mol. The van der Waals surface area contributed by atoms with E-state index in [9.17, 15) is 0 Å². The van der Waals surface area contributed by atoms with E-state index in [0.29, 0.717) is 11.2 Å². The summed E-state index contributed by atoms with van der Waals surface area (Å²) < 4.78 is 0. The summed E-state index contributed by atoms with van der Waals surface area (Å²) in [6.07, 6.45) is 6.87. The Hall–Kier alpha value is -1.16. The van der Waals surface area contributed by atoms with Crippen molar-refractivity contribution >= 4 is 23.0 Å². The van der Waals surface area contributed by atoms with Gasteiger partial charge in [0.1, 0.15) is 0 Å². The number of nitrogens with one attached hydrogen (secondary N) is 2. The second kappa shape index (κ2) is 5.25. The predicted octanol–water partition coefficient (Wildman–Crippen LogP) is 2.62. The number of pyridine rings is 1. The van der Waals surface area contributed by atoms with E-state index in [-0.39, 0.29) is 0 Å². The number of thiocarbonyl (C=S) groups is 1. The SMILES string of the molecule is Cc1ncccc1NC(=S)NC1CCCC1. The first-order valence-corrected chi connectivity index (χ1v) is 6.15. The smallest absolute Gasteiger partial charge is 0.171 e. The molecule has 1 aliphatic rings. The van der Waals surface area contributed by atoms with Crippen molar-refractivity contribution in [3.05, 3.63) is 24.0 Å². The summed E-state index contributed by atoms with van der Waals surface area (Å²) in [5.74, 6) is 0. The molecule has 0 amide bonds. The molecule has 1 saturated carbocycles. The van der Waals surface area contributed by atoms with Crippen molar-refractivity contribution < 1.29 is 0 Å². The first-order chi connectivity index (χ1) is 7.75. The lowest BCUT2D eigenvalue weighted by molar-refractivity contribution is 0.634. The van der Waals surface area contributed by atoms with Crippen LogP contribution in [-0.4, -0.2) is 16.1 Å². The number of anilines is 1. The van der Waals surface area contributed by atoms with Gasteiger partial charge in [0.05, 0.1) is 11.4 Å². The molecular formula is C12H17N3S. The molecule has 1 aromatic heterocycles. The highest BCUT2D eigenvalue weighted by Crippen LogP contribution is 2.18. The van der Waals surface area contributed by atoms with E-state index < -0.39 is 0 Å². The Morgan fingerprint density at radius 3 is 2.88 bits per heavy atom. The maximum atomic E-state index is 5.28. The summed E-state index contributed by atoms with van der Waals surface area (Å²) in [6.45, 7) is 1.97. The van der Waals surface area contributed by atoms with Gasteiger partial charge >= 0.3 is 0 Å². The highest BCUT2D eigenvalue weighted by Gasteiger charge is 2.15. The normalized spacial score (nSPS) is 16.1. The highest BCUT2D eigenvalue weighted by molar-refractivity contribution is 7.80. The Morgan fingerprint density at radius 1 is 1.44 bits per heavy atom. The zero-order valence-corrected chi connectivity index (χ0v) is 10.3.